The monoisotopic (exact) mass is 336 g/mol. The Kier molecular flexibility index (Phi) is 21.5. The van der Waals surface area contributed by atoms with Gasteiger partial charge in [-0.3, -0.25) is 0 Å². The first-order chi connectivity index (χ1) is 11.4. The van der Waals surface area contributed by atoms with Gasteiger partial charge in [-0.05, 0) is 12.8 Å². The van der Waals surface area contributed by atoms with Gasteiger partial charge in [0.1, 0.15) is 0 Å². The Balaban J connectivity index is 2.92. The van der Waals surface area contributed by atoms with E-state index >= 15 is 0 Å². The second-order valence-corrected chi connectivity index (χ2v) is 5.20. The van der Waals surface area contributed by atoms with Gasteiger partial charge in [0.2, 0.25) is 0 Å². The molecule has 0 saturated carbocycles. The highest BCUT2D eigenvalue weighted by molar-refractivity contribution is 4.44. The molecule has 0 aromatic rings. The molecule has 0 rings (SSSR count). The Hall–Kier alpha value is -0.240. The van der Waals surface area contributed by atoms with Crippen LogP contribution in [-0.4, -0.2) is 80.3 Å². The van der Waals surface area contributed by atoms with E-state index in [2.05, 4.69) is 0 Å². The van der Waals surface area contributed by atoms with Gasteiger partial charge >= 0.3 is 0 Å². The predicted molar refractivity (Wildman–Crippen MR) is 90.1 cm³/mol. The fourth-order valence-corrected chi connectivity index (χ4v) is 1.87. The molecular formula is C17H36O6. The van der Waals surface area contributed by atoms with Gasteiger partial charge in [0, 0.05) is 27.4 Å². The highest BCUT2D eigenvalue weighted by Crippen LogP contribution is 2.03. The first kappa shape index (κ1) is 22.8. The maximum Gasteiger partial charge on any atom is 0.0701 e. The van der Waals surface area contributed by atoms with Gasteiger partial charge in [0.25, 0.3) is 0 Å². The second kappa shape index (κ2) is 21.8. The molecule has 23 heavy (non-hydrogen) atoms. The fourth-order valence-electron chi connectivity index (χ4n) is 1.87. The van der Waals surface area contributed by atoms with Crippen LogP contribution in [0.2, 0.25) is 0 Å². The minimum Gasteiger partial charge on any atom is -0.382 e. The topological polar surface area (TPSA) is 55.4 Å². The van der Waals surface area contributed by atoms with E-state index in [0.29, 0.717) is 52.9 Å². The third-order valence-corrected chi connectivity index (χ3v) is 3.18. The summed E-state index contributed by atoms with van der Waals surface area (Å²) in [5.74, 6) is 0. The van der Waals surface area contributed by atoms with Crippen molar-refractivity contribution in [1.29, 1.82) is 0 Å². The first-order valence-electron chi connectivity index (χ1n) is 8.70. The van der Waals surface area contributed by atoms with E-state index in [1.54, 1.807) is 14.2 Å². The van der Waals surface area contributed by atoms with Crippen molar-refractivity contribution in [1.82, 2.24) is 0 Å². The molecule has 0 atom stereocenters. The number of rotatable bonds is 20. The van der Waals surface area contributed by atoms with Crippen molar-refractivity contribution >= 4 is 0 Å². The van der Waals surface area contributed by atoms with Crippen molar-refractivity contribution < 1.29 is 28.4 Å². The lowest BCUT2D eigenvalue weighted by Crippen LogP contribution is -2.09. The van der Waals surface area contributed by atoms with Crippen molar-refractivity contribution in [3.05, 3.63) is 0 Å². The van der Waals surface area contributed by atoms with Crippen LogP contribution in [0.3, 0.4) is 0 Å². The summed E-state index contributed by atoms with van der Waals surface area (Å²) in [5, 5.41) is 0. The third kappa shape index (κ3) is 21.8. The van der Waals surface area contributed by atoms with Gasteiger partial charge in [-0.25, -0.2) is 0 Å². The Bertz CT molecular complexity index is 184. The summed E-state index contributed by atoms with van der Waals surface area (Å²) in [5.41, 5.74) is 0. The summed E-state index contributed by atoms with van der Waals surface area (Å²) < 4.78 is 31.4. The maximum atomic E-state index is 5.50. The smallest absolute Gasteiger partial charge is 0.0701 e. The summed E-state index contributed by atoms with van der Waals surface area (Å²) in [4.78, 5) is 0. The van der Waals surface area contributed by atoms with Gasteiger partial charge in [-0.15, -0.1) is 0 Å². The molecule has 0 heterocycles. The normalized spacial score (nSPS) is 11.2. The quantitative estimate of drug-likeness (QED) is 0.318. The molecule has 0 unspecified atom stereocenters. The Morgan fingerprint density at radius 2 is 0.652 bits per heavy atom. The molecule has 0 N–H and O–H groups in total. The number of unbranched alkanes of at least 4 members (excludes halogenated alkanes) is 4. The lowest BCUT2D eigenvalue weighted by atomic mass is 10.1. The minimum atomic E-state index is 0.640. The van der Waals surface area contributed by atoms with Crippen LogP contribution in [-0.2, 0) is 28.4 Å². The van der Waals surface area contributed by atoms with Crippen LogP contribution in [0.1, 0.15) is 32.1 Å². The SMILES string of the molecule is COCCOCCOCCCCCCCOCCOCCOC. The van der Waals surface area contributed by atoms with Gasteiger partial charge < -0.3 is 28.4 Å². The van der Waals surface area contributed by atoms with Gasteiger partial charge in [-0.1, -0.05) is 19.3 Å². The molecule has 0 saturated heterocycles. The third-order valence-electron chi connectivity index (χ3n) is 3.18. The van der Waals surface area contributed by atoms with E-state index < -0.39 is 0 Å². The van der Waals surface area contributed by atoms with Gasteiger partial charge in [0.05, 0.1) is 52.9 Å². The molecule has 140 valence electrons. The van der Waals surface area contributed by atoms with Gasteiger partial charge in [-0.2, -0.15) is 0 Å². The molecule has 6 heteroatoms. The molecule has 0 amide bonds. The lowest BCUT2D eigenvalue weighted by molar-refractivity contribution is 0.0229. The molecule has 6 nitrogen and oxygen atoms in total. The lowest BCUT2D eigenvalue weighted by Gasteiger charge is -2.06. The maximum absolute atomic E-state index is 5.50. The Labute approximate surface area is 141 Å². The standard InChI is InChI=1S/C17H36O6/c1-18-10-12-22-16-14-20-8-6-4-3-5-7-9-21-15-17-23-13-11-19-2/h3-17H2,1-2H3. The van der Waals surface area contributed by atoms with Crippen molar-refractivity contribution in [2.24, 2.45) is 0 Å². The molecular weight excluding hydrogens is 300 g/mol. The molecule has 0 bridgehead atoms. The number of hydrogen-bond acceptors (Lipinski definition) is 6. The summed E-state index contributed by atoms with van der Waals surface area (Å²) in [6.45, 7) is 6.85. The van der Waals surface area contributed by atoms with Crippen molar-refractivity contribution in [3.8, 4) is 0 Å². The molecule has 0 aliphatic heterocycles. The Morgan fingerprint density at radius 3 is 1.04 bits per heavy atom. The zero-order valence-corrected chi connectivity index (χ0v) is 15.1. The number of ether oxygens (including phenoxy) is 6. The number of methoxy groups -OCH3 is 2. The Morgan fingerprint density at radius 1 is 0.348 bits per heavy atom. The van der Waals surface area contributed by atoms with Crippen molar-refractivity contribution in [3.63, 3.8) is 0 Å². The average Bonchev–Trinajstić information content (AvgIpc) is 2.57. The van der Waals surface area contributed by atoms with Crippen molar-refractivity contribution in [2.45, 2.75) is 32.1 Å². The summed E-state index contributed by atoms with van der Waals surface area (Å²) in [6.07, 6.45) is 5.90. The van der Waals surface area contributed by atoms with Crippen LogP contribution in [0.4, 0.5) is 0 Å². The highest BCUT2D eigenvalue weighted by atomic mass is 16.5. The van der Waals surface area contributed by atoms with E-state index in [0.717, 1.165) is 26.1 Å². The van der Waals surface area contributed by atoms with E-state index in [1.807, 2.05) is 0 Å². The van der Waals surface area contributed by atoms with E-state index in [4.69, 9.17) is 28.4 Å². The largest absolute Gasteiger partial charge is 0.382 e. The average molecular weight is 336 g/mol. The zero-order valence-electron chi connectivity index (χ0n) is 15.1. The van der Waals surface area contributed by atoms with Crippen LogP contribution in [0.5, 0.6) is 0 Å². The van der Waals surface area contributed by atoms with Crippen LogP contribution in [0.25, 0.3) is 0 Å². The fraction of sp³-hybridized carbons (Fsp3) is 1.00. The first-order valence-corrected chi connectivity index (χ1v) is 8.70. The zero-order chi connectivity index (χ0) is 16.8. The second-order valence-electron chi connectivity index (χ2n) is 5.20. The van der Waals surface area contributed by atoms with E-state index in [-0.39, 0.29) is 0 Å². The molecule has 0 spiro atoms. The van der Waals surface area contributed by atoms with Crippen LogP contribution < -0.4 is 0 Å². The van der Waals surface area contributed by atoms with Crippen LogP contribution in [0.15, 0.2) is 0 Å². The van der Waals surface area contributed by atoms with Crippen molar-refractivity contribution in [2.75, 3.05) is 80.3 Å². The van der Waals surface area contributed by atoms with Crippen LogP contribution >= 0.6 is 0 Å². The van der Waals surface area contributed by atoms with E-state index in [1.165, 1.54) is 19.3 Å². The van der Waals surface area contributed by atoms with E-state index in [9.17, 15) is 0 Å². The van der Waals surface area contributed by atoms with Crippen LogP contribution in [0, 0.1) is 0 Å². The summed E-state index contributed by atoms with van der Waals surface area (Å²) in [6, 6.07) is 0. The highest BCUT2D eigenvalue weighted by Gasteiger charge is 1.94. The van der Waals surface area contributed by atoms with Gasteiger partial charge in [0.15, 0.2) is 0 Å². The molecule has 0 aliphatic rings. The molecule has 0 aliphatic carbocycles. The number of hydrogen-bond donors (Lipinski definition) is 0. The molecule has 0 fully saturated rings. The molecule has 0 aromatic carbocycles. The minimum absolute atomic E-state index is 0.640. The molecule has 0 radical (unpaired) electrons. The predicted octanol–water partition coefficient (Wildman–Crippen LogP) is 2.30. The summed E-state index contributed by atoms with van der Waals surface area (Å²) >= 11 is 0. The molecule has 0 aromatic heterocycles. The summed E-state index contributed by atoms with van der Waals surface area (Å²) in [7, 11) is 3.34.